The summed E-state index contributed by atoms with van der Waals surface area (Å²) < 4.78 is 0. The van der Waals surface area contributed by atoms with Gasteiger partial charge in [0.15, 0.2) is 11.0 Å². The van der Waals surface area contributed by atoms with Crippen LogP contribution in [0, 0.1) is 5.92 Å². The quantitative estimate of drug-likeness (QED) is 0.488. The molecule has 0 saturated carbocycles. The molecule has 1 atom stereocenters. The van der Waals surface area contributed by atoms with Crippen LogP contribution in [0.4, 0.5) is 0 Å². The molecule has 2 N–H and O–H groups in total. The van der Waals surface area contributed by atoms with E-state index in [4.69, 9.17) is 12.2 Å². The summed E-state index contributed by atoms with van der Waals surface area (Å²) in [5.74, 6) is -1.76. The summed E-state index contributed by atoms with van der Waals surface area (Å²) in [6.45, 7) is 1.96. The summed E-state index contributed by atoms with van der Waals surface area (Å²) in [6, 6.07) is 10.2. The Bertz CT molecular complexity index is 552. The first-order chi connectivity index (χ1) is 10.1. The van der Waals surface area contributed by atoms with Gasteiger partial charge >= 0.3 is 0 Å². The van der Waals surface area contributed by atoms with E-state index in [2.05, 4.69) is 27.8 Å². The molecule has 1 aliphatic heterocycles. The molecule has 110 valence electrons. The Balaban J connectivity index is 1.87. The van der Waals surface area contributed by atoms with Crippen LogP contribution in [0.1, 0.15) is 18.9 Å². The maximum absolute atomic E-state index is 11.7. The van der Waals surface area contributed by atoms with Gasteiger partial charge in [-0.05, 0) is 37.5 Å². The number of nitrogens with one attached hydrogen (secondary N) is 2. The second-order valence-corrected chi connectivity index (χ2v) is 5.36. The third-order valence-corrected chi connectivity index (χ3v) is 3.43. The van der Waals surface area contributed by atoms with Gasteiger partial charge in [-0.2, -0.15) is 0 Å². The normalized spacial score (nSPS) is 17.7. The number of nitrogens with zero attached hydrogens (tertiary/aromatic N) is 1. The average molecular weight is 303 g/mol. The molecular formula is C15H17N3O2S. The van der Waals surface area contributed by atoms with E-state index < -0.39 is 17.7 Å². The van der Waals surface area contributed by atoms with Crippen LogP contribution in [0.2, 0.25) is 0 Å². The zero-order chi connectivity index (χ0) is 15.2. The first-order valence-electron chi connectivity index (χ1n) is 6.79. The first-order valence-corrected chi connectivity index (χ1v) is 7.20. The van der Waals surface area contributed by atoms with Crippen LogP contribution in [-0.2, 0) is 16.0 Å². The van der Waals surface area contributed by atoms with E-state index in [-0.39, 0.29) is 11.2 Å². The van der Waals surface area contributed by atoms with E-state index in [0.717, 1.165) is 12.8 Å². The number of rotatable bonds is 5. The summed E-state index contributed by atoms with van der Waals surface area (Å²) in [5.41, 5.74) is 1.25. The average Bonchev–Trinajstić information content (AvgIpc) is 2.45. The minimum Gasteiger partial charge on any atom is -0.302 e. The predicted octanol–water partition coefficient (Wildman–Crippen LogP) is 1.23. The fraction of sp³-hybridized carbons (Fsp3) is 0.333. The summed E-state index contributed by atoms with van der Waals surface area (Å²) in [6.07, 6.45) is 3.17. The maximum atomic E-state index is 11.7. The summed E-state index contributed by atoms with van der Waals surface area (Å²) >= 11 is 4.74. The highest BCUT2D eigenvalue weighted by molar-refractivity contribution is 7.80. The molecule has 0 unspecified atom stereocenters. The van der Waals surface area contributed by atoms with Crippen molar-refractivity contribution in [3.63, 3.8) is 0 Å². The highest BCUT2D eigenvalue weighted by Crippen LogP contribution is 2.08. The Hall–Kier alpha value is -2.08. The molecule has 1 aromatic carbocycles. The molecular weight excluding hydrogens is 286 g/mol. The van der Waals surface area contributed by atoms with E-state index in [1.807, 2.05) is 25.1 Å². The molecule has 0 aliphatic carbocycles. The van der Waals surface area contributed by atoms with Crippen LogP contribution < -0.4 is 10.6 Å². The van der Waals surface area contributed by atoms with Crippen molar-refractivity contribution in [2.75, 3.05) is 0 Å². The Kier molecular flexibility index (Phi) is 5.16. The number of hydrogen-bond acceptors (Lipinski definition) is 4. The second-order valence-electron chi connectivity index (χ2n) is 4.96. The molecule has 0 bridgehead atoms. The number of carbonyl (C=O) groups is 2. The Morgan fingerprint density at radius 2 is 1.86 bits per heavy atom. The number of carbonyl (C=O) groups excluding carboxylic acids is 2. The largest absolute Gasteiger partial charge is 0.302 e. The number of benzene rings is 1. The standard InChI is InChI=1S/C15H17N3O2S/c1-10(7-8-11-5-3-2-4-6-11)16-9-12-13(19)17-15(21)18-14(12)20/h2-6,9-10,12H,7-8H2,1H3,(H2,17,18,19,20,21)/t10-/m0/s1. The molecule has 21 heavy (non-hydrogen) atoms. The highest BCUT2D eigenvalue weighted by atomic mass is 32.1. The lowest BCUT2D eigenvalue weighted by molar-refractivity contribution is -0.131. The monoisotopic (exact) mass is 303 g/mol. The third-order valence-electron chi connectivity index (χ3n) is 3.22. The Labute approximate surface area is 128 Å². The summed E-state index contributed by atoms with van der Waals surface area (Å²) in [7, 11) is 0. The van der Waals surface area contributed by atoms with Crippen molar-refractivity contribution in [3.8, 4) is 0 Å². The van der Waals surface area contributed by atoms with Gasteiger partial charge in [0.05, 0.1) is 0 Å². The van der Waals surface area contributed by atoms with Crippen molar-refractivity contribution in [2.24, 2.45) is 10.9 Å². The van der Waals surface area contributed by atoms with Crippen molar-refractivity contribution < 1.29 is 9.59 Å². The lowest BCUT2D eigenvalue weighted by Crippen LogP contribution is -2.56. The van der Waals surface area contributed by atoms with Gasteiger partial charge in [-0.3, -0.25) is 14.6 Å². The number of amides is 2. The molecule has 5 nitrogen and oxygen atoms in total. The number of hydrogen-bond donors (Lipinski definition) is 2. The van der Waals surface area contributed by atoms with E-state index in [1.165, 1.54) is 11.8 Å². The topological polar surface area (TPSA) is 70.6 Å². The van der Waals surface area contributed by atoms with Gasteiger partial charge in [-0.25, -0.2) is 0 Å². The SMILES string of the molecule is C[C@@H](CCc1ccccc1)N=CC1C(=O)NC(=S)NC1=O. The van der Waals surface area contributed by atoms with E-state index in [0.29, 0.717) is 0 Å². The van der Waals surface area contributed by atoms with Crippen LogP contribution in [-0.4, -0.2) is 29.2 Å². The maximum Gasteiger partial charge on any atom is 0.244 e. The van der Waals surface area contributed by atoms with Crippen LogP contribution in [0.25, 0.3) is 0 Å². The van der Waals surface area contributed by atoms with Crippen molar-refractivity contribution in [3.05, 3.63) is 35.9 Å². The number of aliphatic imine (C=N–C) groups is 1. The zero-order valence-corrected chi connectivity index (χ0v) is 12.5. The van der Waals surface area contributed by atoms with Crippen molar-refractivity contribution >= 4 is 35.4 Å². The van der Waals surface area contributed by atoms with Gasteiger partial charge in [0.2, 0.25) is 11.8 Å². The fourth-order valence-corrected chi connectivity index (χ4v) is 2.19. The molecule has 1 saturated heterocycles. The van der Waals surface area contributed by atoms with Crippen molar-refractivity contribution in [1.82, 2.24) is 10.6 Å². The van der Waals surface area contributed by atoms with Gasteiger partial charge in [0.1, 0.15) is 0 Å². The van der Waals surface area contributed by atoms with Crippen LogP contribution >= 0.6 is 12.2 Å². The van der Waals surface area contributed by atoms with Crippen molar-refractivity contribution in [2.45, 2.75) is 25.8 Å². The molecule has 0 spiro atoms. The van der Waals surface area contributed by atoms with E-state index in [1.54, 1.807) is 0 Å². The molecule has 1 fully saturated rings. The second kappa shape index (κ2) is 7.08. The summed E-state index contributed by atoms with van der Waals surface area (Å²) in [4.78, 5) is 27.6. The number of thiocarbonyl (C=S) groups is 1. The molecule has 0 radical (unpaired) electrons. The van der Waals surface area contributed by atoms with Gasteiger partial charge in [-0.1, -0.05) is 30.3 Å². The molecule has 1 heterocycles. The fourth-order valence-electron chi connectivity index (χ4n) is 1.99. The molecule has 6 heteroatoms. The Morgan fingerprint density at radius 3 is 2.48 bits per heavy atom. The first kappa shape index (κ1) is 15.3. The van der Waals surface area contributed by atoms with E-state index >= 15 is 0 Å². The van der Waals surface area contributed by atoms with Gasteiger partial charge in [0.25, 0.3) is 0 Å². The summed E-state index contributed by atoms with van der Waals surface area (Å²) in [5, 5.41) is 4.87. The third kappa shape index (κ3) is 4.46. The molecule has 2 rings (SSSR count). The number of aryl methyl sites for hydroxylation is 1. The minimum atomic E-state index is -0.907. The zero-order valence-electron chi connectivity index (χ0n) is 11.7. The molecule has 0 aromatic heterocycles. The highest BCUT2D eigenvalue weighted by Gasteiger charge is 2.31. The Morgan fingerprint density at radius 1 is 1.24 bits per heavy atom. The predicted molar refractivity (Wildman–Crippen MR) is 85.1 cm³/mol. The lowest BCUT2D eigenvalue weighted by Gasteiger charge is -2.19. The molecule has 1 aliphatic rings. The van der Waals surface area contributed by atoms with Crippen LogP contribution in [0.5, 0.6) is 0 Å². The van der Waals surface area contributed by atoms with Gasteiger partial charge < -0.3 is 10.6 Å². The lowest BCUT2D eigenvalue weighted by atomic mass is 10.1. The van der Waals surface area contributed by atoms with Gasteiger partial charge in [0, 0.05) is 12.3 Å². The molecule has 2 amide bonds. The van der Waals surface area contributed by atoms with Crippen molar-refractivity contribution in [1.29, 1.82) is 0 Å². The smallest absolute Gasteiger partial charge is 0.244 e. The molecule has 1 aromatic rings. The van der Waals surface area contributed by atoms with Crippen LogP contribution in [0.3, 0.4) is 0 Å². The van der Waals surface area contributed by atoms with Crippen LogP contribution in [0.15, 0.2) is 35.3 Å². The van der Waals surface area contributed by atoms with E-state index in [9.17, 15) is 9.59 Å². The van der Waals surface area contributed by atoms with Gasteiger partial charge in [-0.15, -0.1) is 0 Å². The minimum absolute atomic E-state index is 0.0414.